The molecule has 1 rings (SSSR count). The molecule has 0 aliphatic carbocycles. The zero-order valence-corrected chi connectivity index (χ0v) is 17.7. The number of nitrogens with zero attached hydrogens (tertiary/aromatic N) is 2. The van der Waals surface area contributed by atoms with Crippen LogP contribution < -0.4 is 5.73 Å². The van der Waals surface area contributed by atoms with Gasteiger partial charge in [0.1, 0.15) is 12.4 Å². The average molecular weight is 381 g/mol. The summed E-state index contributed by atoms with van der Waals surface area (Å²) in [5.74, 6) is 0.0624. The van der Waals surface area contributed by atoms with Crippen LogP contribution in [0.1, 0.15) is 104 Å². The summed E-state index contributed by atoms with van der Waals surface area (Å²) in [6.07, 6.45) is 21.3. The summed E-state index contributed by atoms with van der Waals surface area (Å²) in [6, 6.07) is 0. The third kappa shape index (κ3) is 9.02. The predicted octanol–water partition coefficient (Wildman–Crippen LogP) is 5.56. The summed E-state index contributed by atoms with van der Waals surface area (Å²) in [5, 5.41) is 9.23. The Balaban J connectivity index is 2.07. The molecule has 0 bridgehead atoms. The lowest BCUT2D eigenvalue weighted by Gasteiger charge is -2.34. The van der Waals surface area contributed by atoms with Crippen molar-refractivity contribution < 1.29 is 14.4 Å². The highest BCUT2D eigenvalue weighted by Crippen LogP contribution is 2.23. The van der Waals surface area contributed by atoms with Gasteiger partial charge in [0.2, 0.25) is 5.84 Å². The maximum absolute atomic E-state index is 11.2. The van der Waals surface area contributed by atoms with Crippen molar-refractivity contribution in [3.63, 3.8) is 0 Å². The van der Waals surface area contributed by atoms with E-state index in [1.807, 2.05) is 13.1 Å². The average Bonchev–Trinajstić information content (AvgIpc) is 3.02. The number of aliphatic imine (C=N–C) groups is 1. The van der Waals surface area contributed by atoms with Crippen LogP contribution in [0.4, 0.5) is 0 Å². The Morgan fingerprint density at radius 2 is 1.48 bits per heavy atom. The molecule has 0 radical (unpaired) electrons. The van der Waals surface area contributed by atoms with Gasteiger partial charge >= 0.3 is 5.97 Å². The fourth-order valence-corrected chi connectivity index (χ4v) is 3.89. The highest BCUT2D eigenvalue weighted by molar-refractivity contribution is 5.81. The number of hydrogen-bond donors (Lipinski definition) is 2. The zero-order chi connectivity index (χ0) is 20.0. The molecule has 27 heavy (non-hydrogen) atoms. The third-order valence-corrected chi connectivity index (χ3v) is 5.66. The van der Waals surface area contributed by atoms with Gasteiger partial charge in [-0.3, -0.25) is 5.73 Å². The third-order valence-electron chi connectivity index (χ3n) is 5.66. The van der Waals surface area contributed by atoms with E-state index in [2.05, 4.69) is 11.9 Å². The first-order valence-corrected chi connectivity index (χ1v) is 11.1. The topological polar surface area (TPSA) is 75.7 Å². The van der Waals surface area contributed by atoms with E-state index in [9.17, 15) is 9.90 Å². The summed E-state index contributed by atoms with van der Waals surface area (Å²) >= 11 is 0. The highest BCUT2D eigenvalue weighted by Gasteiger charge is 2.40. The van der Waals surface area contributed by atoms with E-state index < -0.39 is 5.97 Å². The van der Waals surface area contributed by atoms with Gasteiger partial charge in [0.05, 0.1) is 6.20 Å². The molecule has 0 aromatic rings. The van der Waals surface area contributed by atoms with Gasteiger partial charge in [-0.1, -0.05) is 84.0 Å². The van der Waals surface area contributed by atoms with Crippen molar-refractivity contribution in [2.24, 2.45) is 10.7 Å². The second-order valence-electron chi connectivity index (χ2n) is 8.06. The van der Waals surface area contributed by atoms with Crippen LogP contribution in [0.25, 0.3) is 0 Å². The van der Waals surface area contributed by atoms with Crippen LogP contribution in [0.2, 0.25) is 0 Å². The van der Waals surface area contributed by atoms with Gasteiger partial charge in [0.15, 0.2) is 6.54 Å². The van der Waals surface area contributed by atoms with Crippen LogP contribution in [0.3, 0.4) is 0 Å². The van der Waals surface area contributed by atoms with E-state index in [1.54, 1.807) is 6.20 Å². The van der Waals surface area contributed by atoms with Gasteiger partial charge in [-0.05, 0) is 6.42 Å². The minimum absolute atomic E-state index is 0.0224. The Labute approximate surface area is 166 Å². The Morgan fingerprint density at radius 3 is 1.93 bits per heavy atom. The van der Waals surface area contributed by atoms with Crippen LogP contribution >= 0.6 is 0 Å². The number of carbonyl (C=O) groups is 1. The molecule has 0 fully saturated rings. The molecule has 2 atom stereocenters. The van der Waals surface area contributed by atoms with Gasteiger partial charge in [0.25, 0.3) is 0 Å². The van der Waals surface area contributed by atoms with E-state index in [-0.39, 0.29) is 17.2 Å². The standard InChI is InChI=1S/C22H41N3O2/c1-3-4-5-6-7-8-9-10-11-12-13-14-15-16-21-24-17-18-25(21,20(2)23)19-22(26)27/h17-18,20H,3-16,19,23H2,1-2H3/p+1. The SMILES string of the molecule is CCCCCCCCCCCCCCCC1=NC=C[N+]1(CC(=O)O)C(C)N. The largest absolute Gasteiger partial charge is 0.477 e. The number of nitrogens with two attached hydrogens (primary N) is 1. The maximum Gasteiger partial charge on any atom is 0.360 e. The van der Waals surface area contributed by atoms with Crippen molar-refractivity contribution >= 4 is 11.8 Å². The summed E-state index contributed by atoms with van der Waals surface area (Å²) in [7, 11) is 0. The van der Waals surface area contributed by atoms with Gasteiger partial charge in [-0.15, -0.1) is 0 Å². The Bertz CT molecular complexity index is 474. The first-order chi connectivity index (χ1) is 13.0. The van der Waals surface area contributed by atoms with Gasteiger partial charge in [0, 0.05) is 13.3 Å². The fourth-order valence-electron chi connectivity index (χ4n) is 3.89. The first kappa shape index (κ1) is 23.8. The molecule has 0 amide bonds. The molecule has 3 N–H and O–H groups in total. The molecule has 156 valence electrons. The molecule has 5 heteroatoms. The van der Waals surface area contributed by atoms with E-state index >= 15 is 0 Å². The molecule has 0 saturated heterocycles. The van der Waals surface area contributed by atoms with Crippen molar-refractivity contribution in [3.8, 4) is 0 Å². The number of aliphatic carboxylic acids is 1. The maximum atomic E-state index is 11.2. The van der Waals surface area contributed by atoms with E-state index in [1.165, 1.54) is 77.0 Å². The summed E-state index contributed by atoms with van der Waals surface area (Å²) in [6.45, 7) is 4.10. The molecular formula is C22H42N3O2+. The smallest absolute Gasteiger partial charge is 0.360 e. The number of quaternary nitrogens is 1. The summed E-state index contributed by atoms with van der Waals surface area (Å²) in [4.78, 5) is 15.7. The zero-order valence-electron chi connectivity index (χ0n) is 17.7. The van der Waals surface area contributed by atoms with Crippen molar-refractivity contribution in [3.05, 3.63) is 12.4 Å². The molecule has 1 aliphatic heterocycles. The molecule has 5 nitrogen and oxygen atoms in total. The Morgan fingerprint density at radius 1 is 1.00 bits per heavy atom. The lowest BCUT2D eigenvalue weighted by molar-refractivity contribution is -0.805. The van der Waals surface area contributed by atoms with E-state index in [0.29, 0.717) is 0 Å². The van der Waals surface area contributed by atoms with Crippen LogP contribution in [0.15, 0.2) is 17.4 Å². The van der Waals surface area contributed by atoms with Crippen molar-refractivity contribution in [1.29, 1.82) is 0 Å². The van der Waals surface area contributed by atoms with E-state index in [4.69, 9.17) is 5.73 Å². The molecule has 0 saturated carbocycles. The number of amidine groups is 1. The van der Waals surface area contributed by atoms with Crippen LogP contribution in [0, 0.1) is 0 Å². The summed E-state index contributed by atoms with van der Waals surface area (Å²) < 4.78 is 0.174. The van der Waals surface area contributed by atoms with Crippen molar-refractivity contribution in [2.45, 2.75) is 110 Å². The molecule has 2 unspecified atom stereocenters. The summed E-state index contributed by atoms with van der Waals surface area (Å²) in [5.41, 5.74) is 6.09. The van der Waals surface area contributed by atoms with Gasteiger partial charge in [-0.2, -0.15) is 0 Å². The number of rotatable bonds is 17. The molecule has 0 aromatic carbocycles. The predicted molar refractivity (Wildman–Crippen MR) is 113 cm³/mol. The van der Waals surface area contributed by atoms with E-state index in [0.717, 1.165) is 18.7 Å². The number of carboxylic acid groups (broad SMARTS) is 1. The number of unbranched alkanes of at least 4 members (excludes halogenated alkanes) is 12. The number of carboxylic acids is 1. The first-order valence-electron chi connectivity index (χ1n) is 11.1. The highest BCUT2D eigenvalue weighted by atomic mass is 16.4. The lowest BCUT2D eigenvalue weighted by atomic mass is 10.0. The minimum Gasteiger partial charge on any atom is -0.477 e. The lowest BCUT2D eigenvalue weighted by Crippen LogP contribution is -2.59. The van der Waals surface area contributed by atoms with Crippen LogP contribution in [-0.4, -0.2) is 34.1 Å². The van der Waals surface area contributed by atoms with Crippen molar-refractivity contribution in [1.82, 2.24) is 0 Å². The minimum atomic E-state index is -0.836. The van der Waals surface area contributed by atoms with Gasteiger partial charge in [-0.25, -0.2) is 14.3 Å². The Kier molecular flexibility index (Phi) is 12.3. The fraction of sp³-hybridized carbons (Fsp3) is 0.818. The molecule has 0 aromatic heterocycles. The second-order valence-corrected chi connectivity index (χ2v) is 8.06. The molecule has 1 heterocycles. The van der Waals surface area contributed by atoms with Crippen LogP contribution in [-0.2, 0) is 4.79 Å². The van der Waals surface area contributed by atoms with Crippen molar-refractivity contribution in [2.75, 3.05) is 6.54 Å². The second kappa shape index (κ2) is 13.9. The van der Waals surface area contributed by atoms with Gasteiger partial charge < -0.3 is 5.11 Å². The Hall–Kier alpha value is -1.20. The molecular weight excluding hydrogens is 338 g/mol. The van der Waals surface area contributed by atoms with Crippen LogP contribution in [0.5, 0.6) is 0 Å². The molecule has 0 spiro atoms. The monoisotopic (exact) mass is 380 g/mol. The quantitative estimate of drug-likeness (QED) is 0.256. The number of hydrogen-bond acceptors (Lipinski definition) is 3. The molecule has 1 aliphatic rings. The normalized spacial score (nSPS) is 20.0.